The lowest BCUT2D eigenvalue weighted by Gasteiger charge is -2.31. The summed E-state index contributed by atoms with van der Waals surface area (Å²) < 4.78 is 17.7. The van der Waals surface area contributed by atoms with E-state index in [-0.39, 0.29) is 12.2 Å². The molecule has 2 fully saturated rings. The Kier molecular flexibility index (Phi) is 4.83. The molecular formula is C19H25N3O3. The van der Waals surface area contributed by atoms with Crippen LogP contribution in [0.1, 0.15) is 35.4 Å². The van der Waals surface area contributed by atoms with Crippen LogP contribution in [0.2, 0.25) is 0 Å². The summed E-state index contributed by atoms with van der Waals surface area (Å²) in [6.07, 6.45) is 6.10. The predicted octanol–water partition coefficient (Wildman–Crippen LogP) is 2.64. The molecule has 134 valence electrons. The van der Waals surface area contributed by atoms with E-state index < -0.39 is 0 Å². The fourth-order valence-corrected chi connectivity index (χ4v) is 3.99. The first-order valence-corrected chi connectivity index (χ1v) is 9.00. The molecule has 0 amide bonds. The maximum atomic E-state index is 6.30. The Labute approximate surface area is 148 Å². The molecule has 25 heavy (non-hydrogen) atoms. The number of nitrogens with zero attached hydrogens (tertiary/aromatic N) is 3. The van der Waals surface area contributed by atoms with E-state index in [1.165, 1.54) is 5.56 Å². The molecule has 2 bridgehead atoms. The molecule has 1 saturated carbocycles. The minimum absolute atomic E-state index is 0.100. The highest BCUT2D eigenvalue weighted by atomic mass is 16.5. The van der Waals surface area contributed by atoms with Crippen LogP contribution in [-0.4, -0.2) is 46.4 Å². The van der Waals surface area contributed by atoms with Crippen molar-refractivity contribution in [2.24, 2.45) is 0 Å². The number of pyridine rings is 1. The van der Waals surface area contributed by atoms with Crippen molar-refractivity contribution in [3.63, 3.8) is 0 Å². The molecule has 0 aromatic carbocycles. The van der Waals surface area contributed by atoms with Gasteiger partial charge in [0.05, 0.1) is 31.1 Å². The molecule has 0 N–H and O–H groups in total. The lowest BCUT2D eigenvalue weighted by atomic mass is 10.1. The van der Waals surface area contributed by atoms with Crippen LogP contribution >= 0.6 is 0 Å². The summed E-state index contributed by atoms with van der Waals surface area (Å²) >= 11 is 0. The van der Waals surface area contributed by atoms with Crippen LogP contribution in [0.4, 0.5) is 0 Å². The van der Waals surface area contributed by atoms with E-state index in [1.54, 1.807) is 6.20 Å². The van der Waals surface area contributed by atoms with Gasteiger partial charge < -0.3 is 14.0 Å². The van der Waals surface area contributed by atoms with Gasteiger partial charge in [-0.1, -0.05) is 11.2 Å². The van der Waals surface area contributed by atoms with Crippen LogP contribution < -0.4 is 0 Å². The smallest absolute Gasteiger partial charge is 0.138 e. The molecule has 6 heteroatoms. The van der Waals surface area contributed by atoms with Gasteiger partial charge in [-0.3, -0.25) is 9.88 Å². The molecule has 3 heterocycles. The van der Waals surface area contributed by atoms with Crippen molar-refractivity contribution < 1.29 is 14.0 Å². The Hall–Kier alpha value is -1.76. The van der Waals surface area contributed by atoms with Crippen molar-refractivity contribution >= 4 is 0 Å². The van der Waals surface area contributed by atoms with Crippen LogP contribution in [0.25, 0.3) is 0 Å². The molecule has 2 aromatic heterocycles. The van der Waals surface area contributed by atoms with E-state index in [4.69, 9.17) is 14.0 Å². The quantitative estimate of drug-likeness (QED) is 0.832. The van der Waals surface area contributed by atoms with Gasteiger partial charge in [0.25, 0.3) is 0 Å². The van der Waals surface area contributed by atoms with Crippen molar-refractivity contribution in [3.8, 4) is 0 Å². The first-order chi connectivity index (χ1) is 12.2. The third kappa shape index (κ3) is 3.47. The van der Waals surface area contributed by atoms with Crippen LogP contribution in [0.3, 0.4) is 0 Å². The van der Waals surface area contributed by atoms with E-state index in [2.05, 4.69) is 15.0 Å². The average molecular weight is 343 g/mol. The number of aryl methyl sites for hydroxylation is 2. The highest BCUT2D eigenvalue weighted by Crippen LogP contribution is 2.34. The Morgan fingerprint density at radius 3 is 3.00 bits per heavy atom. The minimum atomic E-state index is 0.100. The van der Waals surface area contributed by atoms with Gasteiger partial charge in [-0.2, -0.15) is 0 Å². The molecule has 3 atom stereocenters. The first-order valence-electron chi connectivity index (χ1n) is 9.00. The van der Waals surface area contributed by atoms with Gasteiger partial charge in [0, 0.05) is 37.1 Å². The molecule has 4 rings (SSSR count). The van der Waals surface area contributed by atoms with E-state index in [1.807, 2.05) is 32.2 Å². The largest absolute Gasteiger partial charge is 0.374 e. The summed E-state index contributed by atoms with van der Waals surface area (Å²) in [7, 11) is 0. The summed E-state index contributed by atoms with van der Waals surface area (Å²) in [5.41, 5.74) is 3.27. The summed E-state index contributed by atoms with van der Waals surface area (Å²) in [5.74, 6) is 0.907. The molecule has 1 aliphatic carbocycles. The predicted molar refractivity (Wildman–Crippen MR) is 92.0 cm³/mol. The highest BCUT2D eigenvalue weighted by Gasteiger charge is 2.43. The number of ether oxygens (including phenoxy) is 2. The van der Waals surface area contributed by atoms with Gasteiger partial charge in [-0.05, 0) is 38.3 Å². The summed E-state index contributed by atoms with van der Waals surface area (Å²) in [6, 6.07) is 4.37. The summed E-state index contributed by atoms with van der Waals surface area (Å²) in [4.78, 5) is 6.65. The number of aromatic nitrogens is 2. The average Bonchev–Trinajstić information content (AvgIpc) is 3.10. The molecule has 2 aromatic rings. The highest BCUT2D eigenvalue weighted by molar-refractivity contribution is 5.21. The fourth-order valence-electron chi connectivity index (χ4n) is 3.99. The molecule has 1 saturated heterocycles. The second kappa shape index (κ2) is 7.23. The monoisotopic (exact) mass is 343 g/mol. The lowest BCUT2D eigenvalue weighted by molar-refractivity contribution is -0.0614. The van der Waals surface area contributed by atoms with Gasteiger partial charge in [-0.15, -0.1) is 0 Å². The molecule has 2 aliphatic rings. The van der Waals surface area contributed by atoms with E-state index >= 15 is 0 Å². The Balaban J connectivity index is 1.48. The van der Waals surface area contributed by atoms with Crippen molar-refractivity contribution in [2.75, 3.05) is 13.2 Å². The number of hydrogen-bond acceptors (Lipinski definition) is 6. The van der Waals surface area contributed by atoms with Crippen molar-refractivity contribution in [3.05, 3.63) is 47.1 Å². The number of hydrogen-bond donors (Lipinski definition) is 0. The molecule has 0 unspecified atom stereocenters. The van der Waals surface area contributed by atoms with E-state index in [9.17, 15) is 0 Å². The second-order valence-corrected chi connectivity index (χ2v) is 6.96. The molecule has 6 nitrogen and oxygen atoms in total. The van der Waals surface area contributed by atoms with Gasteiger partial charge in [-0.25, -0.2) is 0 Å². The van der Waals surface area contributed by atoms with Crippen molar-refractivity contribution in [2.45, 2.75) is 58.1 Å². The SMILES string of the molecule is Cc1noc(C)c1CN1CCO[C@H]2CC[C@H]1[C@H]2OCc1cccnc1. The maximum Gasteiger partial charge on any atom is 0.138 e. The standard InChI is InChI=1S/C19H25N3O3/c1-13-16(14(2)25-21-13)11-22-8-9-23-18-6-5-17(22)19(18)24-12-15-4-3-7-20-10-15/h3-4,7,10,17-19H,5-6,8-9,11-12H2,1-2H3/t17-,18-,19+/m0/s1. The number of fused-ring (bicyclic) bond motifs is 2. The van der Waals surface area contributed by atoms with Gasteiger partial charge >= 0.3 is 0 Å². The van der Waals surface area contributed by atoms with Crippen LogP contribution in [0.15, 0.2) is 29.0 Å². The Bertz CT molecular complexity index is 684. The van der Waals surface area contributed by atoms with Crippen LogP contribution in [0, 0.1) is 13.8 Å². The van der Waals surface area contributed by atoms with Crippen LogP contribution in [0.5, 0.6) is 0 Å². The molecule has 1 aliphatic heterocycles. The Morgan fingerprint density at radius 2 is 2.24 bits per heavy atom. The minimum Gasteiger partial charge on any atom is -0.374 e. The molecular weight excluding hydrogens is 318 g/mol. The Morgan fingerprint density at radius 1 is 1.32 bits per heavy atom. The van der Waals surface area contributed by atoms with E-state index in [0.29, 0.717) is 12.6 Å². The first kappa shape index (κ1) is 16.7. The zero-order valence-electron chi connectivity index (χ0n) is 14.9. The van der Waals surface area contributed by atoms with E-state index in [0.717, 1.165) is 49.6 Å². The third-order valence-corrected chi connectivity index (χ3v) is 5.38. The van der Waals surface area contributed by atoms with Gasteiger partial charge in [0.15, 0.2) is 0 Å². The second-order valence-electron chi connectivity index (χ2n) is 6.96. The lowest BCUT2D eigenvalue weighted by Crippen LogP contribution is -2.42. The third-order valence-electron chi connectivity index (χ3n) is 5.38. The number of rotatable bonds is 5. The summed E-state index contributed by atoms with van der Waals surface area (Å²) in [5, 5.41) is 4.09. The maximum absolute atomic E-state index is 6.30. The molecule has 0 spiro atoms. The normalized spacial score (nSPS) is 26.7. The summed E-state index contributed by atoms with van der Waals surface area (Å²) in [6.45, 7) is 7.07. The van der Waals surface area contributed by atoms with Crippen LogP contribution in [-0.2, 0) is 22.6 Å². The topological polar surface area (TPSA) is 60.6 Å². The van der Waals surface area contributed by atoms with Gasteiger partial charge in [0.2, 0.25) is 0 Å². The zero-order valence-corrected chi connectivity index (χ0v) is 14.9. The van der Waals surface area contributed by atoms with Gasteiger partial charge in [0.1, 0.15) is 5.76 Å². The fraction of sp³-hybridized carbons (Fsp3) is 0.579. The molecule has 0 radical (unpaired) electrons. The van der Waals surface area contributed by atoms with Crippen molar-refractivity contribution in [1.82, 2.24) is 15.0 Å². The zero-order chi connectivity index (χ0) is 17.2. The van der Waals surface area contributed by atoms with Crippen molar-refractivity contribution in [1.29, 1.82) is 0 Å².